The van der Waals surface area contributed by atoms with Crippen molar-refractivity contribution in [3.8, 4) is 0 Å². The minimum atomic E-state index is -0.274. The molecule has 106 valence electrons. The monoisotopic (exact) mass is 294 g/mol. The largest absolute Gasteiger partial charge is 0.382 e. The van der Waals surface area contributed by atoms with E-state index >= 15 is 0 Å². The molecule has 0 spiro atoms. The van der Waals surface area contributed by atoms with Gasteiger partial charge in [-0.1, -0.05) is 12.1 Å². The van der Waals surface area contributed by atoms with Crippen molar-refractivity contribution in [1.82, 2.24) is 9.69 Å². The Labute approximate surface area is 120 Å². The van der Waals surface area contributed by atoms with E-state index in [-0.39, 0.29) is 17.5 Å². The Hall–Kier alpha value is -2.15. The van der Waals surface area contributed by atoms with Gasteiger partial charge in [0.2, 0.25) is 0 Å². The maximum absolute atomic E-state index is 13.0. The molecule has 0 fully saturated rings. The average molecular weight is 294 g/mol. The first kappa shape index (κ1) is 14.3. The van der Waals surface area contributed by atoms with Crippen LogP contribution in [0.4, 0.5) is 15.2 Å². The van der Waals surface area contributed by atoms with Crippen LogP contribution in [0.5, 0.6) is 0 Å². The molecule has 0 saturated heterocycles. The summed E-state index contributed by atoms with van der Waals surface area (Å²) in [4.78, 5) is 11.7. The van der Waals surface area contributed by atoms with Crippen LogP contribution in [0.3, 0.4) is 0 Å². The number of hydrogen-bond acceptors (Lipinski definition) is 5. The Morgan fingerprint density at radius 2 is 2.30 bits per heavy atom. The summed E-state index contributed by atoms with van der Waals surface area (Å²) in [5, 5.41) is 6.26. The molecule has 7 heteroatoms. The zero-order chi connectivity index (χ0) is 14.5. The second-order valence-electron chi connectivity index (χ2n) is 4.16. The van der Waals surface area contributed by atoms with E-state index in [1.165, 1.54) is 19.2 Å². The van der Waals surface area contributed by atoms with Crippen molar-refractivity contribution >= 4 is 28.3 Å². The Morgan fingerprint density at radius 3 is 3.00 bits per heavy atom. The smallest absolute Gasteiger partial charge is 0.257 e. The van der Waals surface area contributed by atoms with Gasteiger partial charge in [-0.05, 0) is 35.6 Å². The summed E-state index contributed by atoms with van der Waals surface area (Å²) in [5.74, 6) is -0.317. The molecule has 2 rings (SSSR count). The summed E-state index contributed by atoms with van der Waals surface area (Å²) >= 11 is 1.14. The highest BCUT2D eigenvalue weighted by Crippen LogP contribution is 2.26. The highest BCUT2D eigenvalue weighted by Gasteiger charge is 2.17. The van der Waals surface area contributed by atoms with Crippen LogP contribution in [0, 0.1) is 5.82 Å². The zero-order valence-corrected chi connectivity index (χ0v) is 11.8. The van der Waals surface area contributed by atoms with Crippen LogP contribution in [0.25, 0.3) is 0 Å². The number of nitrogens with two attached hydrogens (primary N) is 1. The van der Waals surface area contributed by atoms with Gasteiger partial charge < -0.3 is 16.4 Å². The quantitative estimate of drug-likeness (QED) is 0.786. The number of rotatable bonds is 5. The number of carbonyl (C=O) groups excluding carboxylic acids is 1. The number of halogens is 1. The number of nitrogen functional groups attached to an aromatic ring is 1. The summed E-state index contributed by atoms with van der Waals surface area (Å²) in [6, 6.07) is 6.42. The zero-order valence-electron chi connectivity index (χ0n) is 10.9. The number of anilines is 2. The summed E-state index contributed by atoms with van der Waals surface area (Å²) in [6.45, 7) is 0.565. The Kier molecular flexibility index (Phi) is 4.52. The molecular formula is C13H15FN4OS. The van der Waals surface area contributed by atoms with Crippen LogP contribution in [-0.2, 0) is 6.42 Å². The molecule has 5 nitrogen and oxygen atoms in total. The van der Waals surface area contributed by atoms with Crippen LogP contribution >= 0.6 is 11.5 Å². The van der Waals surface area contributed by atoms with Gasteiger partial charge in [-0.25, -0.2) is 4.39 Å². The van der Waals surface area contributed by atoms with E-state index in [2.05, 4.69) is 15.0 Å². The number of nitrogens with one attached hydrogen (secondary N) is 2. The van der Waals surface area contributed by atoms with E-state index in [0.29, 0.717) is 23.5 Å². The molecule has 1 amide bonds. The van der Waals surface area contributed by atoms with Crippen molar-refractivity contribution in [1.29, 1.82) is 0 Å². The van der Waals surface area contributed by atoms with Crippen LogP contribution in [0.2, 0.25) is 0 Å². The van der Waals surface area contributed by atoms with Crippen LogP contribution < -0.4 is 16.4 Å². The van der Waals surface area contributed by atoms with E-state index in [0.717, 1.165) is 17.1 Å². The molecule has 20 heavy (non-hydrogen) atoms. The molecule has 4 N–H and O–H groups in total. The number of benzene rings is 1. The first-order chi connectivity index (χ1) is 9.61. The SMILES string of the molecule is CNC(=O)c1c(N)nsc1NCCc1cccc(F)c1. The van der Waals surface area contributed by atoms with Gasteiger partial charge in [0.1, 0.15) is 16.4 Å². The number of nitrogens with zero attached hydrogens (tertiary/aromatic N) is 1. The van der Waals surface area contributed by atoms with Crippen molar-refractivity contribution in [3.05, 3.63) is 41.2 Å². The average Bonchev–Trinajstić information content (AvgIpc) is 2.79. The van der Waals surface area contributed by atoms with Crippen LogP contribution in [-0.4, -0.2) is 23.9 Å². The van der Waals surface area contributed by atoms with Gasteiger partial charge in [-0.2, -0.15) is 4.37 Å². The third-order valence-corrected chi connectivity index (χ3v) is 3.58. The minimum Gasteiger partial charge on any atom is -0.382 e. The molecule has 1 heterocycles. The van der Waals surface area contributed by atoms with Gasteiger partial charge in [-0.3, -0.25) is 4.79 Å². The minimum absolute atomic E-state index is 0.211. The van der Waals surface area contributed by atoms with E-state index in [1.54, 1.807) is 6.07 Å². The normalized spacial score (nSPS) is 10.3. The van der Waals surface area contributed by atoms with Crippen LogP contribution in [0.15, 0.2) is 24.3 Å². The fraction of sp³-hybridized carbons (Fsp3) is 0.231. The predicted molar refractivity (Wildman–Crippen MR) is 78.5 cm³/mol. The highest BCUT2D eigenvalue weighted by molar-refractivity contribution is 7.11. The van der Waals surface area contributed by atoms with Gasteiger partial charge in [0, 0.05) is 13.6 Å². The topological polar surface area (TPSA) is 80.0 Å². The van der Waals surface area contributed by atoms with Crippen molar-refractivity contribution in [2.24, 2.45) is 0 Å². The highest BCUT2D eigenvalue weighted by atomic mass is 32.1. The van der Waals surface area contributed by atoms with E-state index in [4.69, 9.17) is 5.73 Å². The first-order valence-electron chi connectivity index (χ1n) is 6.07. The predicted octanol–water partition coefficient (Wildman–Crippen LogP) is 1.88. The number of amides is 1. The molecule has 0 aliphatic carbocycles. The van der Waals surface area contributed by atoms with Gasteiger partial charge in [-0.15, -0.1) is 0 Å². The summed E-state index contributed by atoms with van der Waals surface area (Å²) in [5.41, 5.74) is 6.91. The fourth-order valence-corrected chi connectivity index (χ4v) is 2.52. The van der Waals surface area contributed by atoms with E-state index in [9.17, 15) is 9.18 Å². The number of carbonyl (C=O) groups is 1. The first-order valence-corrected chi connectivity index (χ1v) is 6.84. The van der Waals surface area contributed by atoms with Gasteiger partial charge >= 0.3 is 0 Å². The molecule has 0 unspecified atom stereocenters. The molecule has 0 aliphatic heterocycles. The third-order valence-electron chi connectivity index (χ3n) is 2.76. The molecule has 0 radical (unpaired) electrons. The molecule has 0 bridgehead atoms. The Morgan fingerprint density at radius 1 is 1.50 bits per heavy atom. The second-order valence-corrected chi connectivity index (χ2v) is 4.93. The lowest BCUT2D eigenvalue weighted by molar-refractivity contribution is 0.0965. The number of aromatic nitrogens is 1. The molecule has 0 saturated carbocycles. The fourth-order valence-electron chi connectivity index (χ4n) is 1.78. The van der Waals surface area contributed by atoms with Crippen molar-refractivity contribution < 1.29 is 9.18 Å². The van der Waals surface area contributed by atoms with Crippen molar-refractivity contribution in [2.45, 2.75) is 6.42 Å². The van der Waals surface area contributed by atoms with Gasteiger partial charge in [0.05, 0.1) is 0 Å². The number of hydrogen-bond donors (Lipinski definition) is 3. The van der Waals surface area contributed by atoms with Gasteiger partial charge in [0.25, 0.3) is 5.91 Å². The standard InChI is InChI=1S/C13H15FN4OS/c1-16-12(19)10-11(15)18-20-13(10)17-6-5-8-3-2-4-9(14)7-8/h2-4,7,17H,5-6H2,1H3,(H2,15,18)(H,16,19). The maximum Gasteiger partial charge on any atom is 0.257 e. The molecular weight excluding hydrogens is 279 g/mol. The second kappa shape index (κ2) is 6.33. The van der Waals surface area contributed by atoms with Gasteiger partial charge in [0.15, 0.2) is 5.82 Å². The van der Waals surface area contributed by atoms with Crippen molar-refractivity contribution in [3.63, 3.8) is 0 Å². The molecule has 0 atom stereocenters. The Bertz CT molecular complexity index is 614. The third kappa shape index (κ3) is 3.24. The molecule has 0 aliphatic rings. The lowest BCUT2D eigenvalue weighted by Crippen LogP contribution is -2.20. The molecule has 1 aromatic heterocycles. The van der Waals surface area contributed by atoms with Crippen LogP contribution in [0.1, 0.15) is 15.9 Å². The molecule has 2 aromatic rings. The Balaban J connectivity index is 1.99. The lowest BCUT2D eigenvalue weighted by Gasteiger charge is -2.06. The summed E-state index contributed by atoms with van der Waals surface area (Å²) < 4.78 is 17.0. The van der Waals surface area contributed by atoms with E-state index in [1.807, 2.05) is 6.07 Å². The summed E-state index contributed by atoms with van der Waals surface area (Å²) in [6.07, 6.45) is 0.642. The van der Waals surface area contributed by atoms with E-state index < -0.39 is 0 Å². The van der Waals surface area contributed by atoms with Crippen molar-refractivity contribution in [2.75, 3.05) is 24.6 Å². The lowest BCUT2D eigenvalue weighted by atomic mass is 10.1. The maximum atomic E-state index is 13.0. The summed E-state index contributed by atoms with van der Waals surface area (Å²) in [7, 11) is 1.54. The molecule has 1 aromatic carbocycles.